The van der Waals surface area contributed by atoms with Gasteiger partial charge in [0.15, 0.2) is 0 Å². The van der Waals surface area contributed by atoms with Crippen molar-refractivity contribution in [1.29, 1.82) is 0 Å². The van der Waals surface area contributed by atoms with Gasteiger partial charge in [-0.1, -0.05) is 91.9 Å². The van der Waals surface area contributed by atoms with Crippen molar-refractivity contribution < 1.29 is 19.1 Å². The Morgan fingerprint density at radius 3 is 1.80 bits per heavy atom. The molecule has 0 saturated heterocycles. The molecular weight excluding hydrogens is 376 g/mol. The van der Waals surface area contributed by atoms with Crippen molar-refractivity contribution in [2.45, 2.75) is 130 Å². The van der Waals surface area contributed by atoms with E-state index in [4.69, 9.17) is 9.47 Å². The Balaban J connectivity index is 3.56. The van der Waals surface area contributed by atoms with Gasteiger partial charge in [0.25, 0.3) is 0 Å². The third kappa shape index (κ3) is 17.8. The highest BCUT2D eigenvalue weighted by Gasteiger charge is 2.11. The molecule has 0 aliphatic heterocycles. The summed E-state index contributed by atoms with van der Waals surface area (Å²) >= 11 is 0. The quantitative estimate of drug-likeness (QED) is 0.140. The van der Waals surface area contributed by atoms with Crippen LogP contribution in [0.2, 0.25) is 0 Å². The van der Waals surface area contributed by atoms with E-state index in [1.54, 1.807) is 0 Å². The van der Waals surface area contributed by atoms with Crippen molar-refractivity contribution in [2.75, 3.05) is 13.2 Å². The molecule has 0 aromatic heterocycles. The van der Waals surface area contributed by atoms with Crippen LogP contribution in [0.1, 0.15) is 130 Å². The van der Waals surface area contributed by atoms with Crippen LogP contribution in [-0.2, 0) is 19.1 Å². The number of unbranched alkanes of at least 4 members (excludes halogenated alkanes) is 6. The Morgan fingerprint density at radius 2 is 1.17 bits per heavy atom. The van der Waals surface area contributed by atoms with E-state index in [2.05, 4.69) is 27.7 Å². The SMILES string of the molecule is CCCCC(CC)CCC(=O)OCCCCCCCC(=O)OCC(CC)CCCC. The zero-order valence-electron chi connectivity index (χ0n) is 20.5. The van der Waals surface area contributed by atoms with E-state index in [1.807, 2.05) is 0 Å². The predicted molar refractivity (Wildman–Crippen MR) is 125 cm³/mol. The number of carbonyl (C=O) groups excluding carboxylic acids is 2. The van der Waals surface area contributed by atoms with Crippen LogP contribution in [0, 0.1) is 11.8 Å². The second-order valence-corrected chi connectivity index (χ2v) is 8.79. The lowest BCUT2D eigenvalue weighted by atomic mass is 9.94. The Hall–Kier alpha value is -1.06. The molecule has 0 fully saturated rings. The van der Waals surface area contributed by atoms with Crippen LogP contribution in [0.25, 0.3) is 0 Å². The first kappa shape index (κ1) is 28.9. The number of carbonyl (C=O) groups is 2. The van der Waals surface area contributed by atoms with Gasteiger partial charge in [-0.3, -0.25) is 9.59 Å². The molecule has 0 aromatic carbocycles. The molecule has 0 spiro atoms. The Kier molecular flexibility index (Phi) is 20.4. The molecule has 0 amide bonds. The number of esters is 2. The summed E-state index contributed by atoms with van der Waals surface area (Å²) in [4.78, 5) is 23.7. The summed E-state index contributed by atoms with van der Waals surface area (Å²) in [5.74, 6) is 1.08. The maximum Gasteiger partial charge on any atom is 0.305 e. The molecule has 0 N–H and O–H groups in total. The van der Waals surface area contributed by atoms with E-state index in [1.165, 1.54) is 32.1 Å². The molecule has 30 heavy (non-hydrogen) atoms. The topological polar surface area (TPSA) is 52.6 Å². The fraction of sp³-hybridized carbons (Fsp3) is 0.923. The molecule has 178 valence electrons. The van der Waals surface area contributed by atoms with Crippen LogP contribution in [0.4, 0.5) is 0 Å². The Morgan fingerprint density at radius 1 is 0.600 bits per heavy atom. The minimum absolute atomic E-state index is 0.0444. The fourth-order valence-electron chi connectivity index (χ4n) is 3.71. The van der Waals surface area contributed by atoms with Gasteiger partial charge in [0, 0.05) is 12.8 Å². The second kappa shape index (κ2) is 21.2. The van der Waals surface area contributed by atoms with E-state index in [0.717, 1.165) is 57.8 Å². The van der Waals surface area contributed by atoms with Gasteiger partial charge >= 0.3 is 11.9 Å². The summed E-state index contributed by atoms with van der Waals surface area (Å²) in [6.07, 6.45) is 16.5. The molecule has 0 aliphatic carbocycles. The zero-order valence-corrected chi connectivity index (χ0v) is 20.5. The fourth-order valence-corrected chi connectivity index (χ4v) is 3.71. The molecule has 2 unspecified atom stereocenters. The van der Waals surface area contributed by atoms with Gasteiger partial charge < -0.3 is 9.47 Å². The van der Waals surface area contributed by atoms with Crippen LogP contribution in [0.15, 0.2) is 0 Å². The second-order valence-electron chi connectivity index (χ2n) is 8.79. The first-order chi connectivity index (χ1) is 14.6. The molecule has 4 nitrogen and oxygen atoms in total. The third-order valence-electron chi connectivity index (χ3n) is 6.11. The van der Waals surface area contributed by atoms with Gasteiger partial charge in [0.2, 0.25) is 0 Å². The van der Waals surface area contributed by atoms with E-state index in [0.29, 0.717) is 37.9 Å². The minimum Gasteiger partial charge on any atom is -0.466 e. The van der Waals surface area contributed by atoms with Crippen LogP contribution >= 0.6 is 0 Å². The normalized spacial score (nSPS) is 13.1. The third-order valence-corrected chi connectivity index (χ3v) is 6.11. The average molecular weight is 427 g/mol. The lowest BCUT2D eigenvalue weighted by Gasteiger charge is -2.14. The lowest BCUT2D eigenvalue weighted by molar-refractivity contribution is -0.145. The van der Waals surface area contributed by atoms with Crippen molar-refractivity contribution in [3.8, 4) is 0 Å². The van der Waals surface area contributed by atoms with Gasteiger partial charge in [-0.2, -0.15) is 0 Å². The summed E-state index contributed by atoms with van der Waals surface area (Å²) in [5, 5.41) is 0. The summed E-state index contributed by atoms with van der Waals surface area (Å²) in [6, 6.07) is 0. The first-order valence-corrected chi connectivity index (χ1v) is 12.9. The molecule has 0 heterocycles. The average Bonchev–Trinajstić information content (AvgIpc) is 2.75. The van der Waals surface area contributed by atoms with Crippen LogP contribution in [-0.4, -0.2) is 25.2 Å². The number of hydrogen-bond acceptors (Lipinski definition) is 4. The maximum absolute atomic E-state index is 11.9. The highest BCUT2D eigenvalue weighted by Crippen LogP contribution is 2.19. The predicted octanol–water partition coefficient (Wildman–Crippen LogP) is 7.63. The summed E-state index contributed by atoms with van der Waals surface area (Å²) in [7, 11) is 0. The molecule has 0 aromatic rings. The maximum atomic E-state index is 11.9. The number of hydrogen-bond donors (Lipinski definition) is 0. The number of rotatable bonds is 21. The Labute approximate surface area is 186 Å². The summed E-state index contributed by atoms with van der Waals surface area (Å²) in [5.41, 5.74) is 0. The molecule has 0 rings (SSSR count). The van der Waals surface area contributed by atoms with Crippen molar-refractivity contribution in [3.05, 3.63) is 0 Å². The van der Waals surface area contributed by atoms with Gasteiger partial charge in [-0.05, 0) is 37.5 Å². The van der Waals surface area contributed by atoms with Crippen LogP contribution in [0.3, 0.4) is 0 Å². The highest BCUT2D eigenvalue weighted by molar-refractivity contribution is 5.69. The monoisotopic (exact) mass is 426 g/mol. The Bertz CT molecular complexity index is 370. The first-order valence-electron chi connectivity index (χ1n) is 12.9. The summed E-state index contributed by atoms with van der Waals surface area (Å²) < 4.78 is 10.8. The number of ether oxygens (including phenoxy) is 2. The largest absolute Gasteiger partial charge is 0.466 e. The van der Waals surface area contributed by atoms with E-state index >= 15 is 0 Å². The van der Waals surface area contributed by atoms with Gasteiger partial charge in [-0.25, -0.2) is 0 Å². The molecule has 4 heteroatoms. The van der Waals surface area contributed by atoms with E-state index in [9.17, 15) is 9.59 Å². The summed E-state index contributed by atoms with van der Waals surface area (Å²) in [6.45, 7) is 9.90. The molecule has 0 saturated carbocycles. The van der Waals surface area contributed by atoms with Crippen molar-refractivity contribution >= 4 is 11.9 Å². The van der Waals surface area contributed by atoms with Crippen molar-refractivity contribution in [3.63, 3.8) is 0 Å². The molecule has 2 atom stereocenters. The minimum atomic E-state index is -0.0526. The lowest BCUT2D eigenvalue weighted by Crippen LogP contribution is -2.13. The standard InChI is InChI=1S/C26H50O4/c1-5-9-16-23(7-3)19-20-26(28)29-21-15-13-11-12-14-18-25(27)30-22-24(8-4)17-10-6-2/h23-24H,5-22H2,1-4H3. The molecule has 0 aliphatic rings. The molecular formula is C26H50O4. The van der Waals surface area contributed by atoms with E-state index in [-0.39, 0.29) is 11.9 Å². The van der Waals surface area contributed by atoms with Gasteiger partial charge in [0.1, 0.15) is 0 Å². The van der Waals surface area contributed by atoms with Crippen molar-refractivity contribution in [1.82, 2.24) is 0 Å². The zero-order chi connectivity index (χ0) is 22.5. The van der Waals surface area contributed by atoms with Crippen molar-refractivity contribution in [2.24, 2.45) is 11.8 Å². The van der Waals surface area contributed by atoms with E-state index < -0.39 is 0 Å². The molecule has 0 bridgehead atoms. The van der Waals surface area contributed by atoms with Gasteiger partial charge in [-0.15, -0.1) is 0 Å². The van der Waals surface area contributed by atoms with Gasteiger partial charge in [0.05, 0.1) is 13.2 Å². The smallest absolute Gasteiger partial charge is 0.305 e. The molecule has 0 radical (unpaired) electrons. The van der Waals surface area contributed by atoms with Crippen LogP contribution in [0.5, 0.6) is 0 Å². The highest BCUT2D eigenvalue weighted by atomic mass is 16.5. The van der Waals surface area contributed by atoms with Crippen LogP contribution < -0.4 is 0 Å².